The van der Waals surface area contributed by atoms with Crippen molar-refractivity contribution in [2.24, 2.45) is 5.73 Å². The number of carbonyl (C=O) groups is 2. The number of nitrogens with two attached hydrogens (primary N) is 1. The molecule has 0 spiro atoms. The molecule has 0 aromatic carbocycles. The minimum absolute atomic E-state index is 0.102. The fraction of sp³-hybridized carbons (Fsp3) is 0.800. The molecule has 1 rings (SSSR count). The van der Waals surface area contributed by atoms with Crippen molar-refractivity contribution in [2.45, 2.75) is 31.9 Å². The number of carbonyl (C=O) groups excluding carboxylic acids is 1. The first kappa shape index (κ1) is 12.9. The third kappa shape index (κ3) is 3.18. The Hall–Kier alpha value is -1.14. The van der Waals surface area contributed by atoms with Crippen molar-refractivity contribution in [3.05, 3.63) is 0 Å². The second-order valence-corrected chi connectivity index (χ2v) is 4.46. The van der Waals surface area contributed by atoms with Gasteiger partial charge in [0.25, 0.3) is 0 Å². The van der Waals surface area contributed by atoms with Gasteiger partial charge in [-0.1, -0.05) is 0 Å². The van der Waals surface area contributed by atoms with E-state index in [-0.39, 0.29) is 25.2 Å². The summed E-state index contributed by atoms with van der Waals surface area (Å²) in [5.41, 5.74) is 4.45. The number of nitrogens with zero attached hydrogens (tertiary/aromatic N) is 1. The first-order valence-corrected chi connectivity index (χ1v) is 5.27. The second-order valence-electron chi connectivity index (χ2n) is 4.46. The molecule has 1 atom stereocenters. The Kier molecular flexibility index (Phi) is 3.88. The molecule has 1 unspecified atom stereocenters. The van der Waals surface area contributed by atoms with Gasteiger partial charge in [-0.25, -0.2) is 0 Å². The Morgan fingerprint density at radius 1 is 1.56 bits per heavy atom. The van der Waals surface area contributed by atoms with E-state index in [1.54, 1.807) is 18.7 Å². The number of carboxylic acid groups (broad SMARTS) is 1. The van der Waals surface area contributed by atoms with Gasteiger partial charge < -0.3 is 15.6 Å². The molecule has 92 valence electrons. The maximum absolute atomic E-state index is 11.3. The van der Waals surface area contributed by atoms with Crippen LogP contribution in [0.5, 0.6) is 0 Å². The van der Waals surface area contributed by atoms with Crippen LogP contribution in [0.15, 0.2) is 0 Å². The number of aliphatic carboxylic acids is 1. The maximum Gasteiger partial charge on any atom is 0.325 e. The molecule has 1 fully saturated rings. The van der Waals surface area contributed by atoms with Crippen LogP contribution < -0.4 is 5.73 Å². The lowest BCUT2D eigenvalue weighted by Gasteiger charge is -2.19. The van der Waals surface area contributed by atoms with Crippen LogP contribution in [0.25, 0.3) is 0 Å². The minimum atomic E-state index is -1.22. The number of esters is 1. The molecule has 1 saturated heterocycles. The van der Waals surface area contributed by atoms with E-state index >= 15 is 0 Å². The predicted molar refractivity (Wildman–Crippen MR) is 56.8 cm³/mol. The molecule has 0 saturated carbocycles. The number of likely N-dealkylation sites (tertiary alicyclic amines) is 1. The lowest BCUT2D eigenvalue weighted by molar-refractivity contribution is -0.149. The first-order chi connectivity index (χ1) is 7.33. The van der Waals surface area contributed by atoms with Gasteiger partial charge in [-0.05, 0) is 20.3 Å². The normalized spacial score (nSPS) is 26.0. The molecule has 0 aliphatic carbocycles. The monoisotopic (exact) mass is 230 g/mol. The number of carboxylic acids is 1. The Morgan fingerprint density at radius 2 is 2.19 bits per heavy atom. The van der Waals surface area contributed by atoms with Gasteiger partial charge in [0.1, 0.15) is 5.54 Å². The van der Waals surface area contributed by atoms with E-state index in [2.05, 4.69) is 0 Å². The van der Waals surface area contributed by atoms with Gasteiger partial charge in [-0.2, -0.15) is 0 Å². The summed E-state index contributed by atoms with van der Waals surface area (Å²) in [5, 5.41) is 8.90. The SMILES string of the molecule is CC(C)OC(=O)CN1CCC(N)(C(=O)O)C1. The lowest BCUT2D eigenvalue weighted by atomic mass is 10.0. The van der Waals surface area contributed by atoms with Crippen LogP contribution in [-0.4, -0.2) is 53.2 Å². The van der Waals surface area contributed by atoms with Crippen molar-refractivity contribution in [2.75, 3.05) is 19.6 Å². The number of ether oxygens (including phenoxy) is 1. The summed E-state index contributed by atoms with van der Waals surface area (Å²) < 4.78 is 4.97. The highest BCUT2D eigenvalue weighted by atomic mass is 16.5. The van der Waals surface area contributed by atoms with E-state index in [0.29, 0.717) is 13.0 Å². The molecule has 6 heteroatoms. The number of hydrogen-bond donors (Lipinski definition) is 2. The van der Waals surface area contributed by atoms with Gasteiger partial charge in [-0.15, -0.1) is 0 Å². The van der Waals surface area contributed by atoms with E-state index in [4.69, 9.17) is 15.6 Å². The molecular formula is C10H18N2O4. The highest BCUT2D eigenvalue weighted by Gasteiger charge is 2.41. The molecule has 1 heterocycles. The minimum Gasteiger partial charge on any atom is -0.480 e. The van der Waals surface area contributed by atoms with E-state index in [1.165, 1.54) is 0 Å². The highest BCUT2D eigenvalue weighted by Crippen LogP contribution is 2.18. The van der Waals surface area contributed by atoms with Gasteiger partial charge in [0.2, 0.25) is 0 Å². The third-order valence-corrected chi connectivity index (χ3v) is 2.53. The molecular weight excluding hydrogens is 212 g/mol. The standard InChI is InChI=1S/C10H18N2O4/c1-7(2)16-8(13)5-12-4-3-10(11,6-12)9(14)15/h7H,3-6,11H2,1-2H3,(H,14,15). The summed E-state index contributed by atoms with van der Waals surface area (Å²) >= 11 is 0. The molecule has 1 aliphatic heterocycles. The number of hydrogen-bond acceptors (Lipinski definition) is 5. The van der Waals surface area contributed by atoms with E-state index in [1.807, 2.05) is 0 Å². The van der Waals surface area contributed by atoms with Crippen molar-refractivity contribution in [1.82, 2.24) is 4.90 Å². The van der Waals surface area contributed by atoms with E-state index < -0.39 is 11.5 Å². The van der Waals surface area contributed by atoms with Gasteiger partial charge >= 0.3 is 11.9 Å². The lowest BCUT2D eigenvalue weighted by Crippen LogP contribution is -2.50. The van der Waals surface area contributed by atoms with Crippen LogP contribution in [0, 0.1) is 0 Å². The van der Waals surface area contributed by atoms with E-state index in [9.17, 15) is 9.59 Å². The smallest absolute Gasteiger partial charge is 0.325 e. The van der Waals surface area contributed by atoms with Crippen LogP contribution in [-0.2, 0) is 14.3 Å². The van der Waals surface area contributed by atoms with Crippen molar-refractivity contribution in [1.29, 1.82) is 0 Å². The van der Waals surface area contributed by atoms with E-state index in [0.717, 1.165) is 0 Å². The third-order valence-electron chi connectivity index (χ3n) is 2.53. The maximum atomic E-state index is 11.3. The van der Waals surface area contributed by atoms with Gasteiger partial charge in [-0.3, -0.25) is 14.5 Å². The fourth-order valence-electron chi connectivity index (χ4n) is 1.71. The predicted octanol–water partition coefficient (Wildman–Crippen LogP) is -0.574. The van der Waals surface area contributed by atoms with Gasteiger partial charge in [0, 0.05) is 13.1 Å². The highest BCUT2D eigenvalue weighted by molar-refractivity contribution is 5.79. The molecule has 0 radical (unpaired) electrons. The van der Waals surface area contributed by atoms with Crippen molar-refractivity contribution in [3.8, 4) is 0 Å². The molecule has 6 nitrogen and oxygen atoms in total. The molecule has 0 amide bonds. The zero-order valence-electron chi connectivity index (χ0n) is 9.60. The van der Waals surface area contributed by atoms with Crippen LogP contribution in [0.4, 0.5) is 0 Å². The summed E-state index contributed by atoms with van der Waals surface area (Å²) in [6, 6.07) is 0. The molecule has 0 aromatic rings. The average molecular weight is 230 g/mol. The Bertz CT molecular complexity index is 293. The van der Waals surface area contributed by atoms with Crippen LogP contribution in [0.3, 0.4) is 0 Å². The Labute approximate surface area is 94.3 Å². The van der Waals surface area contributed by atoms with Crippen LogP contribution >= 0.6 is 0 Å². The molecule has 1 aliphatic rings. The summed E-state index contributed by atoms with van der Waals surface area (Å²) in [5.74, 6) is -1.36. The van der Waals surface area contributed by atoms with Crippen molar-refractivity contribution in [3.63, 3.8) is 0 Å². The second kappa shape index (κ2) is 4.80. The van der Waals surface area contributed by atoms with Crippen LogP contribution in [0.2, 0.25) is 0 Å². The van der Waals surface area contributed by atoms with Gasteiger partial charge in [0.15, 0.2) is 0 Å². The average Bonchev–Trinajstić information content (AvgIpc) is 2.47. The summed E-state index contributed by atoms with van der Waals surface area (Å²) in [6.45, 7) is 4.34. The molecule has 3 N–H and O–H groups in total. The summed E-state index contributed by atoms with van der Waals surface area (Å²) in [4.78, 5) is 23.9. The molecule has 0 bridgehead atoms. The Balaban J connectivity index is 2.43. The first-order valence-electron chi connectivity index (χ1n) is 5.27. The molecule has 0 aromatic heterocycles. The summed E-state index contributed by atoms with van der Waals surface area (Å²) in [6.07, 6.45) is 0.203. The topological polar surface area (TPSA) is 92.9 Å². The number of rotatable bonds is 4. The summed E-state index contributed by atoms with van der Waals surface area (Å²) in [7, 11) is 0. The fourth-order valence-corrected chi connectivity index (χ4v) is 1.71. The van der Waals surface area contributed by atoms with Crippen molar-refractivity contribution < 1.29 is 19.4 Å². The zero-order valence-corrected chi connectivity index (χ0v) is 9.60. The van der Waals surface area contributed by atoms with Crippen molar-refractivity contribution >= 4 is 11.9 Å². The molecule has 16 heavy (non-hydrogen) atoms. The largest absolute Gasteiger partial charge is 0.480 e. The quantitative estimate of drug-likeness (QED) is 0.628. The zero-order chi connectivity index (χ0) is 12.3. The Morgan fingerprint density at radius 3 is 2.62 bits per heavy atom. The van der Waals surface area contributed by atoms with Gasteiger partial charge in [0.05, 0.1) is 12.6 Å². The van der Waals surface area contributed by atoms with Crippen LogP contribution in [0.1, 0.15) is 20.3 Å².